The number of halogens is 1. The molecule has 0 radical (unpaired) electrons. The number of fused-ring (bicyclic) bond motifs is 1. The van der Waals surface area contributed by atoms with Crippen LogP contribution in [0, 0.1) is 12.7 Å². The molecule has 3 aromatic carbocycles. The fraction of sp³-hybridized carbons (Fsp3) is 0.189. The number of methoxy groups -OCH3 is 1. The number of pyridine rings is 1. The van der Waals surface area contributed by atoms with Crippen LogP contribution in [0.2, 0.25) is 0 Å². The van der Waals surface area contributed by atoms with Crippen molar-refractivity contribution in [1.82, 2.24) is 19.7 Å². The quantitative estimate of drug-likeness (QED) is 0.0975. The monoisotopic (exact) mass is 729 g/mol. The van der Waals surface area contributed by atoms with Crippen LogP contribution < -0.4 is 25.7 Å². The van der Waals surface area contributed by atoms with E-state index in [0.717, 1.165) is 6.07 Å². The number of aromatic nitrogens is 3. The highest BCUT2D eigenvalue weighted by atomic mass is 19.1. The zero-order valence-electron chi connectivity index (χ0n) is 29.0. The first-order valence-corrected chi connectivity index (χ1v) is 15.9. The summed E-state index contributed by atoms with van der Waals surface area (Å²) < 4.78 is 34.7. The molecule has 16 heteroatoms. The summed E-state index contributed by atoms with van der Waals surface area (Å²) in [7, 11) is 3.19. The molecule has 5 aromatic rings. The molecule has 276 valence electrons. The summed E-state index contributed by atoms with van der Waals surface area (Å²) in [5, 5.41) is 21.7. The predicted octanol–water partition coefficient (Wildman–Crippen LogP) is 4.55. The number of carboxylic acid groups (broad SMARTS) is 2. The van der Waals surface area contributed by atoms with Crippen LogP contribution in [0.15, 0.2) is 95.9 Å². The van der Waals surface area contributed by atoms with Crippen LogP contribution in [-0.4, -0.2) is 75.2 Å². The van der Waals surface area contributed by atoms with Crippen LogP contribution in [0.4, 0.5) is 10.1 Å². The molecule has 53 heavy (non-hydrogen) atoms. The van der Waals surface area contributed by atoms with Crippen molar-refractivity contribution in [2.75, 3.05) is 26.0 Å². The minimum Gasteiger partial charge on any atom is -0.497 e. The van der Waals surface area contributed by atoms with Crippen LogP contribution in [-0.2, 0) is 25.7 Å². The number of nitrogens with one attached hydrogen (secondary N) is 2. The zero-order valence-corrected chi connectivity index (χ0v) is 29.0. The average molecular weight is 730 g/mol. The number of likely N-dealkylation sites (N-methyl/N-ethyl adjacent to an activating group) is 1. The highest BCUT2D eigenvalue weighted by Gasteiger charge is 2.26. The van der Waals surface area contributed by atoms with Crippen LogP contribution in [0.5, 0.6) is 17.2 Å². The van der Waals surface area contributed by atoms with E-state index in [0.29, 0.717) is 45.9 Å². The molecule has 0 saturated heterocycles. The summed E-state index contributed by atoms with van der Waals surface area (Å²) in [5.74, 6) is -3.45. The van der Waals surface area contributed by atoms with Gasteiger partial charge in [-0.2, -0.15) is 0 Å². The maximum absolute atomic E-state index is 15.2. The molecule has 1 unspecified atom stereocenters. The lowest BCUT2D eigenvalue weighted by molar-refractivity contribution is -0.147. The second kappa shape index (κ2) is 17.9. The predicted molar refractivity (Wildman–Crippen MR) is 191 cm³/mol. The molecule has 2 aromatic heterocycles. The molecule has 5 rings (SSSR count). The number of hydrogen-bond donors (Lipinski definition) is 4. The number of para-hydroxylation sites is 1. The van der Waals surface area contributed by atoms with Crippen molar-refractivity contribution in [3.8, 4) is 22.9 Å². The highest BCUT2D eigenvalue weighted by molar-refractivity contribution is 6.05. The van der Waals surface area contributed by atoms with E-state index in [9.17, 15) is 24.0 Å². The van der Waals surface area contributed by atoms with E-state index in [2.05, 4.69) is 15.6 Å². The van der Waals surface area contributed by atoms with Gasteiger partial charge in [-0.3, -0.25) is 24.0 Å². The molecule has 2 heterocycles. The second-order valence-electron chi connectivity index (χ2n) is 11.2. The van der Waals surface area contributed by atoms with Crippen molar-refractivity contribution in [3.63, 3.8) is 0 Å². The third kappa shape index (κ3) is 10.1. The van der Waals surface area contributed by atoms with Gasteiger partial charge in [-0.25, -0.2) is 18.7 Å². The molecular weight excluding hydrogens is 693 g/mol. The fourth-order valence-corrected chi connectivity index (χ4v) is 5.08. The largest absolute Gasteiger partial charge is 0.497 e. The Morgan fingerprint density at radius 3 is 2.28 bits per heavy atom. The Morgan fingerprint density at radius 2 is 1.66 bits per heavy atom. The van der Waals surface area contributed by atoms with Gasteiger partial charge in [0.15, 0.2) is 11.6 Å². The zero-order chi connectivity index (χ0) is 38.7. The first-order chi connectivity index (χ1) is 25.3. The van der Waals surface area contributed by atoms with Gasteiger partial charge in [-0.05, 0) is 63.4 Å². The number of anilines is 1. The molecule has 0 aliphatic rings. The van der Waals surface area contributed by atoms with Crippen molar-refractivity contribution in [2.45, 2.75) is 26.5 Å². The minimum atomic E-state index is -1.26. The maximum Gasteiger partial charge on any atom is 0.328 e. The highest BCUT2D eigenvalue weighted by Crippen LogP contribution is 2.33. The van der Waals surface area contributed by atoms with E-state index in [4.69, 9.17) is 24.4 Å². The lowest BCUT2D eigenvalue weighted by Gasteiger charge is -2.18. The number of rotatable bonds is 13. The van der Waals surface area contributed by atoms with Crippen LogP contribution >= 0.6 is 0 Å². The number of esters is 1. The molecule has 4 N–H and O–H groups in total. The molecule has 0 bridgehead atoms. The van der Waals surface area contributed by atoms with Crippen LogP contribution in [0.25, 0.3) is 16.6 Å². The van der Waals surface area contributed by atoms with E-state index in [1.165, 1.54) is 16.8 Å². The van der Waals surface area contributed by atoms with E-state index < -0.39 is 41.3 Å². The molecule has 15 nitrogen and oxygen atoms in total. The van der Waals surface area contributed by atoms with E-state index in [1.807, 2.05) is 0 Å². The normalized spacial score (nSPS) is 11.3. The summed E-state index contributed by atoms with van der Waals surface area (Å²) in [6.45, 7) is 3.47. The van der Waals surface area contributed by atoms with Crippen LogP contribution in [0.3, 0.4) is 0 Å². The SMILES string of the molecule is CNCC(=O)OC(C)Cn1c(C)c(C(=O)Nc2ccc(Oc3ccnc4cc(OC)ccc34)c(F)c2)c(=O)n1-c1ccccc1.O=C(O)C=CC(=O)O. The van der Waals surface area contributed by atoms with Gasteiger partial charge in [-0.1, -0.05) is 18.2 Å². The number of ether oxygens (including phenoxy) is 3. The minimum absolute atomic E-state index is 0.0307. The number of amides is 1. The molecule has 0 saturated carbocycles. The molecule has 0 spiro atoms. The van der Waals surface area contributed by atoms with Crippen molar-refractivity contribution in [3.05, 3.63) is 119 Å². The van der Waals surface area contributed by atoms with Gasteiger partial charge in [-0.15, -0.1) is 0 Å². The van der Waals surface area contributed by atoms with Gasteiger partial charge in [0.25, 0.3) is 11.5 Å². The Morgan fingerprint density at radius 1 is 0.962 bits per heavy atom. The lowest BCUT2D eigenvalue weighted by atomic mass is 10.2. The Bertz CT molecular complexity index is 2200. The molecule has 0 aliphatic carbocycles. The van der Waals surface area contributed by atoms with Crippen molar-refractivity contribution in [1.29, 1.82) is 0 Å². The van der Waals surface area contributed by atoms with Gasteiger partial charge in [0.1, 0.15) is 23.2 Å². The number of nitrogens with zero attached hydrogens (tertiary/aromatic N) is 3. The standard InChI is InChI=1S/C33H32FN5O6.C4H4O4/c1-20(44-30(40)18-35-3)19-38-21(2)31(33(42)39(38)23-8-6-5-7-9-23)32(41)37-22-10-13-29(26(34)16-22)45-28-14-15-36-27-17-24(43-4)11-12-25(27)28;5-3(6)1-2-4(7)8/h5-17,20,35H,18-19H2,1-4H3,(H,37,41);1-2H,(H,5,6)(H,7,8). The Labute approximate surface area is 301 Å². The Kier molecular flexibility index (Phi) is 13.2. The van der Waals surface area contributed by atoms with E-state index >= 15 is 4.39 Å². The summed E-state index contributed by atoms with van der Waals surface area (Å²) in [6.07, 6.45) is 2.06. The van der Waals surface area contributed by atoms with Crippen molar-refractivity contribution < 1.29 is 48.0 Å². The summed E-state index contributed by atoms with van der Waals surface area (Å²) in [5.41, 5.74) is 0.901. The molecule has 0 aliphatic heterocycles. The topological polar surface area (TPSA) is 200 Å². The molecule has 1 atom stereocenters. The number of carbonyl (C=O) groups excluding carboxylic acids is 2. The van der Waals surface area contributed by atoms with Crippen LogP contribution in [0.1, 0.15) is 23.0 Å². The Balaban J connectivity index is 0.000000703. The van der Waals surface area contributed by atoms with Gasteiger partial charge in [0.05, 0.1) is 37.1 Å². The maximum atomic E-state index is 15.2. The van der Waals surface area contributed by atoms with Gasteiger partial charge in [0.2, 0.25) is 0 Å². The smallest absolute Gasteiger partial charge is 0.328 e. The van der Waals surface area contributed by atoms with Gasteiger partial charge < -0.3 is 35.1 Å². The molecule has 0 fully saturated rings. The summed E-state index contributed by atoms with van der Waals surface area (Å²) >= 11 is 0. The molecular formula is C37H36FN5O10. The number of aliphatic carboxylic acids is 2. The number of carbonyl (C=O) groups is 4. The van der Waals surface area contributed by atoms with E-state index in [1.54, 1.807) is 93.5 Å². The van der Waals surface area contributed by atoms with Crippen molar-refractivity contribution >= 4 is 40.4 Å². The number of hydrogen-bond acceptors (Lipinski definition) is 10. The first-order valence-electron chi connectivity index (χ1n) is 15.9. The first kappa shape index (κ1) is 39.0. The molecule has 1 amide bonds. The third-order valence-electron chi connectivity index (χ3n) is 7.40. The second-order valence-corrected chi connectivity index (χ2v) is 11.2. The Hall–Kier alpha value is -6.81. The number of carboxylic acids is 2. The summed E-state index contributed by atoms with van der Waals surface area (Å²) in [4.78, 5) is 62.6. The third-order valence-corrected chi connectivity index (χ3v) is 7.40. The van der Waals surface area contributed by atoms with Gasteiger partial charge in [0, 0.05) is 41.6 Å². The lowest BCUT2D eigenvalue weighted by Crippen LogP contribution is -2.30. The number of benzene rings is 3. The summed E-state index contributed by atoms with van der Waals surface area (Å²) in [6, 6.07) is 19.7. The van der Waals surface area contributed by atoms with E-state index in [-0.39, 0.29) is 30.1 Å². The fourth-order valence-electron chi connectivity index (χ4n) is 5.08. The van der Waals surface area contributed by atoms with Crippen molar-refractivity contribution in [2.24, 2.45) is 0 Å². The average Bonchev–Trinajstić information content (AvgIpc) is 3.36. The van der Waals surface area contributed by atoms with Gasteiger partial charge >= 0.3 is 17.9 Å².